The molecule has 0 bridgehead atoms. The summed E-state index contributed by atoms with van der Waals surface area (Å²) in [5.41, 5.74) is -0.395. The Morgan fingerprint density at radius 1 is 1.16 bits per heavy atom. The van der Waals surface area contributed by atoms with E-state index in [0.717, 1.165) is 17.0 Å². The first kappa shape index (κ1) is 17.1. The van der Waals surface area contributed by atoms with E-state index in [-0.39, 0.29) is 31.8 Å². The second-order valence-corrected chi connectivity index (χ2v) is 5.94. The molecule has 4 amide bonds. The summed E-state index contributed by atoms with van der Waals surface area (Å²) in [5, 5.41) is 5.25. The molecule has 2 aliphatic rings. The van der Waals surface area contributed by atoms with Gasteiger partial charge in [-0.25, -0.2) is 13.6 Å². The molecule has 0 aromatic heterocycles. The van der Waals surface area contributed by atoms with E-state index in [2.05, 4.69) is 10.6 Å². The van der Waals surface area contributed by atoms with Gasteiger partial charge in [0.15, 0.2) is 0 Å². The minimum absolute atomic E-state index is 0.113. The number of hydrogen-bond donors (Lipinski definition) is 2. The fraction of sp³-hybridized carbons (Fsp3) is 0.438. The number of carbonyl (C=O) groups excluding carboxylic acids is 3. The second kappa shape index (κ2) is 7.04. The van der Waals surface area contributed by atoms with E-state index in [4.69, 9.17) is 0 Å². The first-order chi connectivity index (χ1) is 12.0. The second-order valence-electron chi connectivity index (χ2n) is 5.94. The summed E-state index contributed by atoms with van der Waals surface area (Å²) >= 11 is 0. The lowest BCUT2D eigenvalue weighted by atomic mass is 10.2. The maximum absolute atomic E-state index is 13.9. The van der Waals surface area contributed by atoms with Gasteiger partial charge in [-0.2, -0.15) is 0 Å². The van der Waals surface area contributed by atoms with E-state index in [9.17, 15) is 23.2 Å². The number of amides is 4. The Balaban J connectivity index is 1.66. The molecule has 2 heterocycles. The zero-order chi connectivity index (χ0) is 18.0. The zero-order valence-electron chi connectivity index (χ0n) is 13.4. The van der Waals surface area contributed by atoms with E-state index in [0.29, 0.717) is 13.1 Å². The van der Waals surface area contributed by atoms with Crippen LogP contribution in [0.4, 0.5) is 19.3 Å². The van der Waals surface area contributed by atoms with Crippen LogP contribution < -0.4 is 15.5 Å². The molecule has 1 aromatic rings. The molecule has 9 heteroatoms. The number of urea groups is 1. The third-order valence-electron chi connectivity index (χ3n) is 4.31. The minimum Gasteiger partial charge on any atom is -0.354 e. The summed E-state index contributed by atoms with van der Waals surface area (Å²) in [5.74, 6) is -2.33. The quantitative estimate of drug-likeness (QED) is 0.818. The Kier molecular flexibility index (Phi) is 4.82. The van der Waals surface area contributed by atoms with Crippen LogP contribution >= 0.6 is 0 Å². The van der Waals surface area contributed by atoms with Gasteiger partial charge < -0.3 is 20.4 Å². The fourth-order valence-corrected chi connectivity index (χ4v) is 2.99. The van der Waals surface area contributed by atoms with Gasteiger partial charge in [0.1, 0.15) is 23.4 Å². The normalized spacial score (nSPS) is 21.1. The number of anilines is 1. The van der Waals surface area contributed by atoms with Crippen LogP contribution in [0.1, 0.15) is 12.8 Å². The van der Waals surface area contributed by atoms with Gasteiger partial charge in [0.05, 0.1) is 0 Å². The molecule has 0 aliphatic carbocycles. The number of rotatable bonds is 2. The van der Waals surface area contributed by atoms with Crippen molar-refractivity contribution >= 4 is 23.5 Å². The van der Waals surface area contributed by atoms with Crippen LogP contribution in [0.15, 0.2) is 18.2 Å². The predicted molar refractivity (Wildman–Crippen MR) is 84.8 cm³/mol. The molecular weight excluding hydrogens is 334 g/mol. The molecule has 7 nitrogen and oxygen atoms in total. The molecule has 1 atom stereocenters. The van der Waals surface area contributed by atoms with Gasteiger partial charge in [0.25, 0.3) is 0 Å². The van der Waals surface area contributed by atoms with Gasteiger partial charge in [-0.1, -0.05) is 6.07 Å². The highest BCUT2D eigenvalue weighted by Gasteiger charge is 2.37. The Labute approximate surface area is 143 Å². The maximum Gasteiger partial charge on any atom is 0.318 e. The fourth-order valence-electron chi connectivity index (χ4n) is 2.99. The third kappa shape index (κ3) is 3.54. The van der Waals surface area contributed by atoms with Crippen LogP contribution in [-0.2, 0) is 9.59 Å². The van der Waals surface area contributed by atoms with E-state index < -0.39 is 35.3 Å². The standard InChI is InChI=1S/C16H18F2N4O3/c17-10-2-1-3-11(18)14(10)22-8-4-12(15(22)24)20-16(25)21-7-5-13(23)19-6-9-21/h1-3,12H,4-9H2,(H,19,23)(H,20,25). The molecule has 2 N–H and O–H groups in total. The lowest BCUT2D eigenvalue weighted by Gasteiger charge is -2.23. The molecule has 0 radical (unpaired) electrons. The SMILES string of the molecule is O=C1CCN(C(=O)NC2CCN(c3c(F)cccc3F)C2=O)CCN1. The van der Waals surface area contributed by atoms with Gasteiger partial charge in [-0.15, -0.1) is 0 Å². The molecular formula is C16H18F2N4O3. The molecule has 25 heavy (non-hydrogen) atoms. The van der Waals surface area contributed by atoms with Crippen molar-refractivity contribution in [2.45, 2.75) is 18.9 Å². The monoisotopic (exact) mass is 352 g/mol. The lowest BCUT2D eigenvalue weighted by molar-refractivity contribution is -0.121. The topological polar surface area (TPSA) is 81.8 Å². The molecule has 2 fully saturated rings. The van der Waals surface area contributed by atoms with Crippen molar-refractivity contribution in [3.8, 4) is 0 Å². The minimum atomic E-state index is -0.849. The molecule has 2 aliphatic heterocycles. The summed E-state index contributed by atoms with van der Waals surface area (Å²) < 4.78 is 27.7. The van der Waals surface area contributed by atoms with Crippen molar-refractivity contribution in [1.29, 1.82) is 0 Å². The van der Waals surface area contributed by atoms with E-state index >= 15 is 0 Å². The van der Waals surface area contributed by atoms with Crippen LogP contribution in [0.2, 0.25) is 0 Å². The highest BCUT2D eigenvalue weighted by molar-refractivity contribution is 6.01. The largest absolute Gasteiger partial charge is 0.354 e. The Morgan fingerprint density at radius 2 is 1.88 bits per heavy atom. The van der Waals surface area contributed by atoms with Gasteiger partial charge in [0.2, 0.25) is 11.8 Å². The average Bonchev–Trinajstić information content (AvgIpc) is 2.78. The van der Waals surface area contributed by atoms with Crippen molar-refractivity contribution in [3.05, 3.63) is 29.8 Å². The zero-order valence-corrected chi connectivity index (χ0v) is 13.4. The summed E-state index contributed by atoms with van der Waals surface area (Å²) in [6.07, 6.45) is 0.446. The number of nitrogens with zero attached hydrogens (tertiary/aromatic N) is 2. The van der Waals surface area contributed by atoms with Crippen molar-refractivity contribution in [3.63, 3.8) is 0 Å². The first-order valence-electron chi connectivity index (χ1n) is 8.05. The smallest absolute Gasteiger partial charge is 0.318 e. The van der Waals surface area contributed by atoms with E-state index in [1.807, 2.05) is 0 Å². The summed E-state index contributed by atoms with van der Waals surface area (Å²) in [6.45, 7) is 1.05. The third-order valence-corrected chi connectivity index (χ3v) is 4.31. The van der Waals surface area contributed by atoms with Crippen LogP contribution in [0.3, 0.4) is 0 Å². The van der Waals surface area contributed by atoms with Crippen LogP contribution in [0.25, 0.3) is 0 Å². The van der Waals surface area contributed by atoms with Crippen LogP contribution in [0.5, 0.6) is 0 Å². The number of carbonyl (C=O) groups is 3. The summed E-state index contributed by atoms with van der Waals surface area (Å²) in [6, 6.07) is 2.07. The number of nitrogens with one attached hydrogen (secondary N) is 2. The molecule has 0 saturated carbocycles. The molecule has 2 saturated heterocycles. The number of hydrogen-bond acceptors (Lipinski definition) is 3. The van der Waals surface area contributed by atoms with Crippen molar-refractivity contribution in [2.75, 3.05) is 31.1 Å². The first-order valence-corrected chi connectivity index (χ1v) is 8.05. The number of benzene rings is 1. The molecule has 3 rings (SSSR count). The maximum atomic E-state index is 13.9. The Hall–Kier alpha value is -2.71. The molecule has 0 spiro atoms. The average molecular weight is 352 g/mol. The molecule has 1 aromatic carbocycles. The van der Waals surface area contributed by atoms with Crippen molar-refractivity contribution in [1.82, 2.24) is 15.5 Å². The molecule has 1 unspecified atom stereocenters. The predicted octanol–water partition coefficient (Wildman–Crippen LogP) is 0.602. The van der Waals surface area contributed by atoms with Gasteiger partial charge in [0, 0.05) is 32.6 Å². The van der Waals surface area contributed by atoms with Gasteiger partial charge in [-0.3, -0.25) is 9.59 Å². The summed E-state index contributed by atoms with van der Waals surface area (Å²) in [7, 11) is 0. The Morgan fingerprint density at radius 3 is 2.60 bits per heavy atom. The van der Waals surface area contributed by atoms with Crippen LogP contribution in [-0.4, -0.2) is 55.0 Å². The highest BCUT2D eigenvalue weighted by Crippen LogP contribution is 2.27. The van der Waals surface area contributed by atoms with Gasteiger partial charge >= 0.3 is 6.03 Å². The van der Waals surface area contributed by atoms with Crippen molar-refractivity contribution in [2.24, 2.45) is 0 Å². The number of para-hydroxylation sites is 1. The van der Waals surface area contributed by atoms with Crippen LogP contribution in [0, 0.1) is 11.6 Å². The Bertz CT molecular complexity index is 692. The molecule has 134 valence electrons. The number of halogens is 2. The van der Waals surface area contributed by atoms with Gasteiger partial charge in [-0.05, 0) is 18.6 Å². The lowest BCUT2D eigenvalue weighted by Crippen LogP contribution is -2.49. The van der Waals surface area contributed by atoms with E-state index in [1.54, 1.807) is 0 Å². The highest BCUT2D eigenvalue weighted by atomic mass is 19.1. The van der Waals surface area contributed by atoms with Crippen molar-refractivity contribution < 1.29 is 23.2 Å². The summed E-state index contributed by atoms with van der Waals surface area (Å²) in [4.78, 5) is 38.5. The van der Waals surface area contributed by atoms with E-state index in [1.165, 1.54) is 11.0 Å².